The van der Waals surface area contributed by atoms with Crippen LogP contribution in [0.1, 0.15) is 9.75 Å². The van der Waals surface area contributed by atoms with E-state index in [0.717, 1.165) is 34.0 Å². The first-order valence-corrected chi connectivity index (χ1v) is 8.20. The summed E-state index contributed by atoms with van der Waals surface area (Å²) in [5.41, 5.74) is 1.76. The average molecular weight is 338 g/mol. The van der Waals surface area contributed by atoms with E-state index < -0.39 is 0 Å². The van der Waals surface area contributed by atoms with Crippen LogP contribution in [-0.4, -0.2) is 30.8 Å². The van der Waals surface area contributed by atoms with Gasteiger partial charge in [-0.3, -0.25) is 9.69 Å². The molecule has 3 rings (SSSR count). The molecule has 2 aromatic heterocycles. The molecule has 2 nitrogen and oxygen atoms in total. The summed E-state index contributed by atoms with van der Waals surface area (Å²) in [6.07, 6.45) is 4.04. The highest BCUT2D eigenvalue weighted by Crippen LogP contribution is 2.23. The fourth-order valence-corrected chi connectivity index (χ4v) is 3.66. The van der Waals surface area contributed by atoms with Gasteiger partial charge >= 0.3 is 0 Å². The number of hydrogen-bond acceptors (Lipinski definition) is 4. The minimum absolute atomic E-state index is 0. The number of likely N-dealkylation sites (N-methyl/N-ethyl adjacent to an activating group) is 1. The molecule has 1 aliphatic rings. The van der Waals surface area contributed by atoms with Gasteiger partial charge in [0.25, 0.3) is 0 Å². The van der Waals surface area contributed by atoms with Gasteiger partial charge in [-0.1, -0.05) is 12.1 Å². The second kappa shape index (κ2) is 7.18. The highest BCUT2D eigenvalue weighted by Gasteiger charge is 2.23. The Balaban J connectivity index is 0.00000161. The predicted molar refractivity (Wildman–Crippen MR) is 94.3 cm³/mol. The molecule has 0 spiro atoms. The lowest BCUT2D eigenvalue weighted by Gasteiger charge is -2.25. The van der Waals surface area contributed by atoms with Crippen molar-refractivity contribution in [3.63, 3.8) is 0 Å². The first-order chi connectivity index (χ1) is 9.72. The molecule has 0 amide bonds. The SMILES string of the molecule is CN1C/C(=C/c2cccs2)C(=O)/C(=C/c2cccs2)C1.Cl. The van der Waals surface area contributed by atoms with Crippen molar-refractivity contribution in [2.24, 2.45) is 0 Å². The fraction of sp³-hybridized carbons (Fsp3) is 0.188. The molecule has 0 aliphatic carbocycles. The molecule has 5 heteroatoms. The molecular weight excluding hydrogens is 322 g/mol. The van der Waals surface area contributed by atoms with Crippen LogP contribution in [-0.2, 0) is 4.79 Å². The Morgan fingerprint density at radius 3 is 1.86 bits per heavy atom. The summed E-state index contributed by atoms with van der Waals surface area (Å²) in [6.45, 7) is 1.44. The molecule has 1 saturated heterocycles. The molecule has 3 heterocycles. The summed E-state index contributed by atoms with van der Waals surface area (Å²) in [6, 6.07) is 8.11. The van der Waals surface area contributed by atoms with Crippen molar-refractivity contribution in [3.8, 4) is 0 Å². The van der Waals surface area contributed by atoms with Gasteiger partial charge < -0.3 is 0 Å². The van der Waals surface area contributed by atoms with Crippen molar-refractivity contribution in [1.29, 1.82) is 0 Å². The zero-order valence-electron chi connectivity index (χ0n) is 11.6. The molecule has 0 unspecified atom stereocenters. The standard InChI is InChI=1S/C16H15NOS2.ClH/c1-17-10-12(8-14-4-2-6-19-14)16(18)13(11-17)9-15-5-3-7-20-15;/h2-9H,10-11H2,1H3;1H/b12-8-,13-9+;. The molecular formula is C16H16ClNOS2. The van der Waals surface area contributed by atoms with Crippen molar-refractivity contribution in [3.05, 3.63) is 55.9 Å². The topological polar surface area (TPSA) is 20.3 Å². The zero-order chi connectivity index (χ0) is 13.9. The van der Waals surface area contributed by atoms with Crippen molar-refractivity contribution in [2.75, 3.05) is 20.1 Å². The van der Waals surface area contributed by atoms with E-state index in [-0.39, 0.29) is 18.2 Å². The maximum absolute atomic E-state index is 12.6. The third-order valence-corrected chi connectivity index (χ3v) is 4.82. The number of thiophene rings is 2. The Kier molecular flexibility index (Phi) is 5.53. The largest absolute Gasteiger partial charge is 0.298 e. The molecule has 0 N–H and O–H groups in total. The summed E-state index contributed by atoms with van der Waals surface area (Å²) in [5, 5.41) is 4.07. The number of piperidine rings is 1. The molecule has 1 fully saturated rings. The number of ketones is 1. The third kappa shape index (κ3) is 3.92. The second-order valence-corrected chi connectivity index (χ2v) is 6.83. The number of likely N-dealkylation sites (tertiary alicyclic amines) is 1. The minimum atomic E-state index is 0. The first-order valence-electron chi connectivity index (χ1n) is 6.44. The van der Waals surface area contributed by atoms with Gasteiger partial charge in [-0.2, -0.15) is 0 Å². The van der Waals surface area contributed by atoms with Gasteiger partial charge in [-0.25, -0.2) is 0 Å². The Morgan fingerprint density at radius 1 is 1.00 bits per heavy atom. The number of halogens is 1. The highest BCUT2D eigenvalue weighted by molar-refractivity contribution is 7.11. The normalized spacial score (nSPS) is 20.0. The number of nitrogens with zero attached hydrogens (tertiary/aromatic N) is 1. The molecule has 0 aromatic carbocycles. The monoisotopic (exact) mass is 337 g/mol. The lowest BCUT2D eigenvalue weighted by atomic mass is 9.97. The smallest absolute Gasteiger partial charge is 0.187 e. The molecule has 0 saturated carbocycles. The summed E-state index contributed by atoms with van der Waals surface area (Å²) in [7, 11) is 2.05. The molecule has 0 bridgehead atoms. The number of rotatable bonds is 2. The lowest BCUT2D eigenvalue weighted by Crippen LogP contribution is -2.34. The third-order valence-electron chi connectivity index (χ3n) is 3.18. The van der Waals surface area contributed by atoms with E-state index in [0.29, 0.717) is 0 Å². The Bertz CT molecular complexity index is 600. The van der Waals surface area contributed by atoms with Crippen LogP contribution >= 0.6 is 35.1 Å². The molecule has 0 radical (unpaired) electrons. The van der Waals surface area contributed by atoms with Crippen molar-refractivity contribution in [1.82, 2.24) is 4.90 Å². The zero-order valence-corrected chi connectivity index (χ0v) is 14.1. The Morgan fingerprint density at radius 2 is 1.48 bits per heavy atom. The van der Waals surface area contributed by atoms with E-state index in [1.807, 2.05) is 47.2 Å². The number of Topliss-reactive ketones (excluding diaryl/α,β-unsaturated/α-hetero) is 1. The van der Waals surface area contributed by atoms with Crippen molar-refractivity contribution >= 4 is 53.0 Å². The van der Waals surface area contributed by atoms with Gasteiger partial charge in [0.1, 0.15) is 0 Å². The quantitative estimate of drug-likeness (QED) is 0.765. The predicted octanol–water partition coefficient (Wildman–Crippen LogP) is 4.21. The van der Waals surface area contributed by atoms with E-state index in [4.69, 9.17) is 0 Å². The van der Waals surface area contributed by atoms with Crippen LogP contribution in [0, 0.1) is 0 Å². The van der Waals surface area contributed by atoms with E-state index in [9.17, 15) is 4.79 Å². The summed E-state index contributed by atoms with van der Waals surface area (Å²) in [5.74, 6) is 0.185. The van der Waals surface area contributed by atoms with E-state index >= 15 is 0 Å². The van der Waals surface area contributed by atoms with E-state index in [2.05, 4.69) is 11.9 Å². The highest BCUT2D eigenvalue weighted by atomic mass is 35.5. The van der Waals surface area contributed by atoms with Crippen molar-refractivity contribution in [2.45, 2.75) is 0 Å². The lowest BCUT2D eigenvalue weighted by molar-refractivity contribution is -0.113. The van der Waals surface area contributed by atoms with Crippen LogP contribution < -0.4 is 0 Å². The maximum Gasteiger partial charge on any atom is 0.187 e. The van der Waals surface area contributed by atoms with Crippen LogP contribution in [0.25, 0.3) is 12.2 Å². The van der Waals surface area contributed by atoms with Crippen LogP contribution in [0.3, 0.4) is 0 Å². The van der Waals surface area contributed by atoms with E-state index in [1.54, 1.807) is 22.7 Å². The van der Waals surface area contributed by atoms with Crippen LogP contribution in [0.5, 0.6) is 0 Å². The van der Waals surface area contributed by atoms with Crippen LogP contribution in [0.15, 0.2) is 46.2 Å². The average Bonchev–Trinajstić information content (AvgIpc) is 3.08. The van der Waals surface area contributed by atoms with Gasteiger partial charge in [0, 0.05) is 34.0 Å². The molecule has 110 valence electrons. The summed E-state index contributed by atoms with van der Waals surface area (Å²) >= 11 is 3.32. The van der Waals surface area contributed by atoms with Crippen molar-refractivity contribution < 1.29 is 4.79 Å². The van der Waals surface area contributed by atoms with Crippen LogP contribution in [0.4, 0.5) is 0 Å². The minimum Gasteiger partial charge on any atom is -0.298 e. The van der Waals surface area contributed by atoms with E-state index in [1.165, 1.54) is 0 Å². The van der Waals surface area contributed by atoms with Gasteiger partial charge in [0.2, 0.25) is 0 Å². The van der Waals surface area contributed by atoms with Gasteiger partial charge in [0.15, 0.2) is 5.78 Å². The van der Waals surface area contributed by atoms with Gasteiger partial charge in [0.05, 0.1) is 0 Å². The van der Waals surface area contributed by atoms with Crippen LogP contribution in [0.2, 0.25) is 0 Å². The Hall–Kier alpha value is -1.20. The molecule has 0 atom stereocenters. The second-order valence-electron chi connectivity index (χ2n) is 4.87. The molecule has 21 heavy (non-hydrogen) atoms. The fourth-order valence-electron chi connectivity index (χ4n) is 2.30. The molecule has 2 aromatic rings. The maximum atomic E-state index is 12.6. The molecule has 1 aliphatic heterocycles. The number of carbonyl (C=O) groups is 1. The number of carbonyl (C=O) groups excluding carboxylic acids is 1. The summed E-state index contributed by atoms with van der Waals surface area (Å²) in [4.78, 5) is 17.0. The number of hydrogen-bond donors (Lipinski definition) is 0. The first kappa shape index (κ1) is 16.2. The Labute approximate surface area is 138 Å². The van der Waals surface area contributed by atoms with Gasteiger partial charge in [-0.15, -0.1) is 35.1 Å². The van der Waals surface area contributed by atoms with Gasteiger partial charge in [-0.05, 0) is 42.1 Å². The summed E-state index contributed by atoms with van der Waals surface area (Å²) < 4.78 is 0.